The predicted octanol–water partition coefficient (Wildman–Crippen LogP) is 7.39. The number of hydrogen-bond acceptors (Lipinski definition) is 8. The summed E-state index contributed by atoms with van der Waals surface area (Å²) in [5.74, 6) is -0.667. The molecule has 0 amide bonds. The number of ether oxygens (including phenoxy) is 1. The van der Waals surface area contributed by atoms with Gasteiger partial charge in [-0.2, -0.15) is 9.44 Å². The quantitative estimate of drug-likeness (QED) is 0.217. The number of halogens is 3. The summed E-state index contributed by atoms with van der Waals surface area (Å²) in [6.45, 7) is 16.9. The van der Waals surface area contributed by atoms with Crippen LogP contribution in [0.4, 0.5) is 0 Å². The van der Waals surface area contributed by atoms with Crippen LogP contribution in [0.25, 0.3) is 9.81 Å². The standard InChI is InChI=1S/C16H20ClNO4S.C11H12ClNO3S.C5H9ClO/c1-15(2,3)14(19)22-13-12(10-8-6-7-9-11(10)17)23(20,21)18-16(13,4)5;1-11(2)10(14)9(17(15,16)13-11)7-5-3-4-6-8(7)12;1-5(2,3)4(6)7/h6-9,18H,1-5H3;3-6,13-14H,1-2H3;1-3H3. The Bertz CT molecular complexity index is 1840. The molecule has 2 aliphatic heterocycles. The van der Waals surface area contributed by atoms with Gasteiger partial charge in [0.05, 0.1) is 16.5 Å². The average Bonchev–Trinajstić information content (AvgIpc) is 3.17. The van der Waals surface area contributed by atoms with Crippen molar-refractivity contribution in [2.24, 2.45) is 10.8 Å². The molecule has 0 saturated carbocycles. The molecule has 0 bridgehead atoms. The van der Waals surface area contributed by atoms with E-state index in [1.54, 1.807) is 118 Å². The van der Waals surface area contributed by atoms with Crippen molar-refractivity contribution in [3.05, 3.63) is 81.2 Å². The van der Waals surface area contributed by atoms with E-state index >= 15 is 0 Å². The zero-order valence-electron chi connectivity index (χ0n) is 27.9. The van der Waals surface area contributed by atoms with Gasteiger partial charge in [-0.1, -0.05) is 80.4 Å². The van der Waals surface area contributed by atoms with Gasteiger partial charge in [0.2, 0.25) is 25.3 Å². The van der Waals surface area contributed by atoms with Gasteiger partial charge < -0.3 is 9.84 Å². The van der Waals surface area contributed by atoms with E-state index in [1.807, 2.05) is 0 Å². The van der Waals surface area contributed by atoms with Crippen LogP contribution >= 0.6 is 34.8 Å². The SMILES string of the molecule is CC(C)(C)C(=O)Cl.CC(C)(C)C(=O)OC1=C(c2ccccc2Cl)S(=O)(=O)NC1(C)C.CC1(C)NS(=O)(=O)C(c2ccccc2Cl)=C1O. The molecule has 0 aliphatic carbocycles. The Hall–Kier alpha value is -2.45. The third-order valence-electron chi connectivity index (χ3n) is 6.53. The predicted molar refractivity (Wildman–Crippen MR) is 188 cm³/mol. The number of esters is 1. The minimum Gasteiger partial charge on any atom is -0.509 e. The van der Waals surface area contributed by atoms with E-state index in [2.05, 4.69) is 9.44 Å². The summed E-state index contributed by atoms with van der Waals surface area (Å²) in [6.07, 6.45) is 0. The summed E-state index contributed by atoms with van der Waals surface area (Å²) in [7, 11) is -7.57. The van der Waals surface area contributed by atoms with Crippen molar-refractivity contribution in [2.75, 3.05) is 0 Å². The highest BCUT2D eigenvalue weighted by Crippen LogP contribution is 2.42. The van der Waals surface area contributed by atoms with Crippen LogP contribution in [0.1, 0.15) is 80.4 Å². The van der Waals surface area contributed by atoms with Crippen LogP contribution in [0.15, 0.2) is 60.0 Å². The van der Waals surface area contributed by atoms with E-state index in [-0.39, 0.29) is 42.0 Å². The fraction of sp³-hybridized carbons (Fsp3) is 0.438. The Labute approximate surface area is 292 Å². The molecule has 260 valence electrons. The summed E-state index contributed by atoms with van der Waals surface area (Å²) in [5.41, 5.74) is -2.57. The van der Waals surface area contributed by atoms with E-state index in [0.717, 1.165) is 0 Å². The Kier molecular flexibility index (Phi) is 12.3. The average molecular weight is 752 g/mol. The first-order valence-corrected chi connectivity index (χ1v) is 18.3. The lowest BCUT2D eigenvalue weighted by Crippen LogP contribution is -2.40. The minimum atomic E-state index is -3.84. The maximum absolute atomic E-state index is 12.6. The third kappa shape index (κ3) is 9.81. The van der Waals surface area contributed by atoms with Crippen molar-refractivity contribution in [2.45, 2.75) is 80.3 Å². The molecular weight excluding hydrogens is 711 g/mol. The molecule has 0 spiro atoms. The van der Waals surface area contributed by atoms with E-state index in [1.165, 1.54) is 0 Å². The van der Waals surface area contributed by atoms with Crippen LogP contribution in [0.3, 0.4) is 0 Å². The number of carbonyl (C=O) groups excluding carboxylic acids is 2. The van der Waals surface area contributed by atoms with Gasteiger partial charge in [-0.3, -0.25) is 9.59 Å². The Balaban J connectivity index is 0.000000280. The Morgan fingerprint density at radius 3 is 1.40 bits per heavy atom. The van der Waals surface area contributed by atoms with Crippen LogP contribution in [0.5, 0.6) is 0 Å². The summed E-state index contributed by atoms with van der Waals surface area (Å²) < 4.78 is 59.4. The molecule has 3 N–H and O–H groups in total. The second kappa shape index (κ2) is 14.2. The monoisotopic (exact) mass is 750 g/mol. The first-order valence-electron chi connectivity index (χ1n) is 14.2. The molecule has 2 aliphatic rings. The number of rotatable bonds is 3. The smallest absolute Gasteiger partial charge is 0.316 e. The van der Waals surface area contributed by atoms with Crippen molar-refractivity contribution in [3.63, 3.8) is 0 Å². The molecule has 0 aromatic heterocycles. The summed E-state index contributed by atoms with van der Waals surface area (Å²) >= 11 is 17.2. The molecule has 0 radical (unpaired) electrons. The maximum atomic E-state index is 12.6. The molecule has 10 nitrogen and oxygen atoms in total. The molecule has 15 heteroatoms. The lowest BCUT2D eigenvalue weighted by molar-refractivity contribution is -0.149. The number of carbonyl (C=O) groups is 2. The van der Waals surface area contributed by atoms with E-state index < -0.39 is 42.5 Å². The molecule has 4 rings (SSSR count). The van der Waals surface area contributed by atoms with Crippen LogP contribution in [0.2, 0.25) is 10.0 Å². The number of nitrogens with one attached hydrogen (secondary N) is 2. The van der Waals surface area contributed by atoms with Crippen LogP contribution in [-0.2, 0) is 34.4 Å². The molecule has 47 heavy (non-hydrogen) atoms. The third-order valence-corrected chi connectivity index (χ3v) is 11.2. The van der Waals surface area contributed by atoms with Gasteiger partial charge in [0.15, 0.2) is 0 Å². The molecule has 2 aromatic rings. The molecular formula is C32H41Cl3N2O8S2. The Morgan fingerprint density at radius 1 is 0.702 bits per heavy atom. The highest BCUT2D eigenvalue weighted by Gasteiger charge is 2.47. The fourth-order valence-corrected chi connectivity index (χ4v) is 8.23. The second-order valence-corrected chi connectivity index (χ2v) is 18.3. The van der Waals surface area contributed by atoms with Gasteiger partial charge in [0, 0.05) is 26.6 Å². The van der Waals surface area contributed by atoms with Crippen LogP contribution in [-0.4, -0.2) is 44.2 Å². The van der Waals surface area contributed by atoms with Gasteiger partial charge in [-0.15, -0.1) is 0 Å². The Morgan fingerprint density at radius 2 is 1.06 bits per heavy atom. The summed E-state index contributed by atoms with van der Waals surface area (Å²) in [5, 5.41) is 10.3. The molecule has 0 saturated heterocycles. The lowest BCUT2D eigenvalue weighted by atomic mass is 9.96. The molecule has 0 atom stereocenters. The number of aliphatic hydroxyl groups excluding tert-OH is 1. The first kappa shape index (κ1) is 40.7. The van der Waals surface area contributed by atoms with Crippen molar-refractivity contribution >= 4 is 75.9 Å². The van der Waals surface area contributed by atoms with Crippen molar-refractivity contribution < 1.29 is 36.3 Å². The van der Waals surface area contributed by atoms with Crippen molar-refractivity contribution in [3.8, 4) is 0 Å². The van der Waals surface area contributed by atoms with Crippen molar-refractivity contribution in [1.82, 2.24) is 9.44 Å². The van der Waals surface area contributed by atoms with E-state index in [4.69, 9.17) is 39.5 Å². The van der Waals surface area contributed by atoms with E-state index in [9.17, 15) is 31.5 Å². The maximum Gasteiger partial charge on any atom is 0.316 e. The number of benzene rings is 2. The van der Waals surface area contributed by atoms with Crippen LogP contribution in [0, 0.1) is 10.8 Å². The lowest BCUT2D eigenvalue weighted by Gasteiger charge is -2.24. The largest absolute Gasteiger partial charge is 0.509 e. The topological polar surface area (TPSA) is 156 Å². The summed E-state index contributed by atoms with van der Waals surface area (Å²) in [6, 6.07) is 13.1. The zero-order valence-corrected chi connectivity index (χ0v) is 31.8. The minimum absolute atomic E-state index is 0.0607. The van der Waals surface area contributed by atoms with Crippen LogP contribution < -0.4 is 9.44 Å². The zero-order chi connectivity index (χ0) is 36.6. The molecule has 0 fully saturated rings. The van der Waals surface area contributed by atoms with Gasteiger partial charge in [0.1, 0.15) is 21.3 Å². The van der Waals surface area contributed by atoms with E-state index in [0.29, 0.717) is 11.1 Å². The van der Waals surface area contributed by atoms with Gasteiger partial charge >= 0.3 is 5.97 Å². The first-order chi connectivity index (χ1) is 21.1. The van der Waals surface area contributed by atoms with Crippen molar-refractivity contribution in [1.29, 1.82) is 0 Å². The highest BCUT2D eigenvalue weighted by atomic mass is 35.5. The summed E-state index contributed by atoms with van der Waals surface area (Å²) in [4.78, 5) is 22.3. The molecule has 0 unspecified atom stereocenters. The number of hydrogen-bond donors (Lipinski definition) is 3. The van der Waals surface area contributed by atoms with Gasteiger partial charge in [-0.25, -0.2) is 16.8 Å². The second-order valence-electron chi connectivity index (χ2n) is 13.9. The molecule has 2 aromatic carbocycles. The molecule has 2 heterocycles. The fourth-order valence-electron chi connectivity index (χ4n) is 3.94. The van der Waals surface area contributed by atoms with Gasteiger partial charge in [0.25, 0.3) is 0 Å². The normalized spacial score (nSPS) is 19.3. The highest BCUT2D eigenvalue weighted by molar-refractivity contribution is 7.99. The number of sulfonamides is 2. The van der Waals surface area contributed by atoms with Gasteiger partial charge in [-0.05, 0) is 72.2 Å². The number of aliphatic hydroxyl groups is 1.